The van der Waals surface area contributed by atoms with Crippen LogP contribution in [0, 0.1) is 10.1 Å². The number of benzene rings is 2. The van der Waals surface area contributed by atoms with Gasteiger partial charge in [-0.1, -0.05) is 12.1 Å². The molecule has 0 aromatic heterocycles. The van der Waals surface area contributed by atoms with Crippen LogP contribution in [0.25, 0.3) is 0 Å². The van der Waals surface area contributed by atoms with Gasteiger partial charge in [0.15, 0.2) is 5.11 Å². The number of nitro benzene ring substituents is 1. The number of hydrogen-bond donors (Lipinski definition) is 2. The van der Waals surface area contributed by atoms with E-state index in [1.807, 2.05) is 17.0 Å². The fourth-order valence-corrected chi connectivity index (χ4v) is 3.05. The number of aromatic hydroxyl groups is 1. The SMILES string of the molecule is O=[N+]([O-])c1ccc(NC(=S)N2CCN(c3ccccc3O)CC2)cc1. The van der Waals surface area contributed by atoms with Gasteiger partial charge in [-0.25, -0.2) is 0 Å². The Hall–Kier alpha value is -2.87. The molecule has 0 atom stereocenters. The van der Waals surface area contributed by atoms with Crippen molar-refractivity contribution in [2.24, 2.45) is 0 Å². The summed E-state index contributed by atoms with van der Waals surface area (Å²) in [6.07, 6.45) is 0. The minimum absolute atomic E-state index is 0.0488. The average Bonchev–Trinajstić information content (AvgIpc) is 2.63. The number of hydrogen-bond acceptors (Lipinski definition) is 5. The smallest absolute Gasteiger partial charge is 0.269 e. The van der Waals surface area contributed by atoms with Crippen molar-refractivity contribution >= 4 is 34.4 Å². The van der Waals surface area contributed by atoms with Gasteiger partial charge in [-0.3, -0.25) is 10.1 Å². The van der Waals surface area contributed by atoms with Crippen LogP contribution in [0.5, 0.6) is 5.75 Å². The molecule has 3 rings (SSSR count). The third-order valence-electron chi connectivity index (χ3n) is 4.12. The molecule has 0 amide bonds. The molecule has 0 unspecified atom stereocenters. The Labute approximate surface area is 150 Å². The van der Waals surface area contributed by atoms with Crippen LogP contribution in [0.2, 0.25) is 0 Å². The molecule has 2 aromatic rings. The van der Waals surface area contributed by atoms with Crippen molar-refractivity contribution in [2.75, 3.05) is 36.4 Å². The number of phenolic OH excluding ortho intramolecular Hbond substituents is 1. The molecule has 2 aromatic carbocycles. The maximum absolute atomic E-state index is 10.7. The molecule has 2 N–H and O–H groups in total. The van der Waals surface area contributed by atoms with Crippen LogP contribution >= 0.6 is 12.2 Å². The van der Waals surface area contributed by atoms with Gasteiger partial charge < -0.3 is 20.2 Å². The molecule has 1 fully saturated rings. The topological polar surface area (TPSA) is 81.9 Å². The number of nitro groups is 1. The van der Waals surface area contributed by atoms with Crippen LogP contribution < -0.4 is 10.2 Å². The average molecular weight is 358 g/mol. The summed E-state index contributed by atoms with van der Waals surface area (Å²) >= 11 is 5.43. The molecule has 0 radical (unpaired) electrons. The standard InChI is InChI=1S/C17H18N4O3S/c22-16-4-2-1-3-15(16)19-9-11-20(12-10-19)17(25)18-13-5-7-14(8-6-13)21(23)24/h1-8,22H,9-12H2,(H,18,25). The van der Waals surface area contributed by atoms with E-state index >= 15 is 0 Å². The van der Waals surface area contributed by atoms with E-state index in [0.717, 1.165) is 37.6 Å². The van der Waals surface area contributed by atoms with Crippen LogP contribution in [-0.2, 0) is 0 Å². The van der Waals surface area contributed by atoms with E-state index in [9.17, 15) is 15.2 Å². The third kappa shape index (κ3) is 3.97. The van der Waals surface area contributed by atoms with Crippen molar-refractivity contribution in [1.82, 2.24) is 4.90 Å². The summed E-state index contributed by atoms with van der Waals surface area (Å²) in [7, 11) is 0. The van der Waals surface area contributed by atoms with Gasteiger partial charge in [0.2, 0.25) is 0 Å². The summed E-state index contributed by atoms with van der Waals surface area (Å²) in [5, 5.41) is 24.3. The summed E-state index contributed by atoms with van der Waals surface area (Å²) in [5.74, 6) is 0.280. The lowest BCUT2D eigenvalue weighted by Crippen LogP contribution is -2.50. The van der Waals surface area contributed by atoms with Crippen LogP contribution in [0.3, 0.4) is 0 Å². The fourth-order valence-electron chi connectivity index (χ4n) is 2.75. The van der Waals surface area contributed by atoms with E-state index in [1.165, 1.54) is 12.1 Å². The van der Waals surface area contributed by atoms with Crippen LogP contribution in [0.1, 0.15) is 0 Å². The number of thiocarbonyl (C=S) groups is 1. The Morgan fingerprint density at radius 2 is 1.72 bits per heavy atom. The molecule has 130 valence electrons. The normalized spacial score (nSPS) is 14.2. The van der Waals surface area contributed by atoms with E-state index in [2.05, 4.69) is 10.2 Å². The molecular weight excluding hydrogens is 340 g/mol. The largest absolute Gasteiger partial charge is 0.506 e. The molecule has 8 heteroatoms. The van der Waals surface area contributed by atoms with Crippen molar-refractivity contribution in [2.45, 2.75) is 0 Å². The minimum atomic E-state index is -0.430. The maximum Gasteiger partial charge on any atom is 0.269 e. The Morgan fingerprint density at radius 3 is 2.32 bits per heavy atom. The first kappa shape index (κ1) is 17.0. The van der Waals surface area contributed by atoms with Gasteiger partial charge in [0, 0.05) is 44.0 Å². The van der Waals surface area contributed by atoms with E-state index in [1.54, 1.807) is 24.3 Å². The van der Waals surface area contributed by atoms with Gasteiger partial charge >= 0.3 is 0 Å². The molecule has 0 aliphatic carbocycles. The Balaban J connectivity index is 1.56. The first-order chi connectivity index (χ1) is 12.0. The van der Waals surface area contributed by atoms with Crippen LogP contribution in [-0.4, -0.2) is 46.2 Å². The summed E-state index contributed by atoms with van der Waals surface area (Å²) < 4.78 is 0. The summed E-state index contributed by atoms with van der Waals surface area (Å²) in [6.45, 7) is 2.96. The third-order valence-corrected chi connectivity index (χ3v) is 4.48. The summed E-state index contributed by atoms with van der Waals surface area (Å²) in [6, 6.07) is 13.5. The zero-order chi connectivity index (χ0) is 17.8. The van der Waals surface area contributed by atoms with Crippen molar-refractivity contribution in [3.8, 4) is 5.75 Å². The molecule has 0 bridgehead atoms. The highest BCUT2D eigenvalue weighted by Crippen LogP contribution is 2.27. The molecule has 25 heavy (non-hydrogen) atoms. The second kappa shape index (κ2) is 7.35. The summed E-state index contributed by atoms with van der Waals surface area (Å²) in [5.41, 5.74) is 1.60. The van der Waals surface area contributed by atoms with Crippen molar-refractivity contribution < 1.29 is 10.0 Å². The number of nitrogens with zero attached hydrogens (tertiary/aromatic N) is 3. The number of rotatable bonds is 3. The number of non-ortho nitro benzene ring substituents is 1. The second-order valence-corrected chi connectivity index (χ2v) is 6.08. The number of piperazine rings is 1. The molecule has 1 aliphatic heterocycles. The molecule has 7 nitrogen and oxygen atoms in total. The predicted molar refractivity (Wildman–Crippen MR) is 101 cm³/mol. The summed E-state index contributed by atoms with van der Waals surface area (Å²) in [4.78, 5) is 14.4. The highest BCUT2D eigenvalue weighted by Gasteiger charge is 2.20. The number of phenols is 1. The van der Waals surface area contributed by atoms with Crippen LogP contribution in [0.15, 0.2) is 48.5 Å². The maximum atomic E-state index is 10.7. The Kier molecular flexibility index (Phi) is 4.99. The minimum Gasteiger partial charge on any atom is -0.506 e. The zero-order valence-electron chi connectivity index (χ0n) is 13.5. The van der Waals surface area contributed by atoms with Crippen molar-refractivity contribution in [1.29, 1.82) is 0 Å². The zero-order valence-corrected chi connectivity index (χ0v) is 14.3. The molecular formula is C17H18N4O3S. The molecule has 1 aliphatic rings. The quantitative estimate of drug-likeness (QED) is 0.496. The van der Waals surface area contributed by atoms with Gasteiger partial charge in [0.05, 0.1) is 10.6 Å². The van der Waals surface area contributed by atoms with Crippen molar-refractivity contribution in [3.63, 3.8) is 0 Å². The highest BCUT2D eigenvalue weighted by atomic mass is 32.1. The number of nitrogens with one attached hydrogen (secondary N) is 1. The lowest BCUT2D eigenvalue weighted by atomic mass is 10.2. The van der Waals surface area contributed by atoms with Gasteiger partial charge in [0.25, 0.3) is 5.69 Å². The van der Waals surface area contributed by atoms with Crippen molar-refractivity contribution in [3.05, 3.63) is 58.6 Å². The lowest BCUT2D eigenvalue weighted by molar-refractivity contribution is -0.384. The van der Waals surface area contributed by atoms with Gasteiger partial charge in [-0.2, -0.15) is 0 Å². The monoisotopic (exact) mass is 358 g/mol. The van der Waals surface area contributed by atoms with E-state index < -0.39 is 4.92 Å². The lowest BCUT2D eigenvalue weighted by Gasteiger charge is -2.37. The van der Waals surface area contributed by atoms with Gasteiger partial charge in [0.1, 0.15) is 5.75 Å². The fraction of sp³-hybridized carbons (Fsp3) is 0.235. The van der Waals surface area contributed by atoms with E-state index in [0.29, 0.717) is 5.11 Å². The Morgan fingerprint density at radius 1 is 1.08 bits per heavy atom. The molecule has 1 saturated heterocycles. The second-order valence-electron chi connectivity index (χ2n) is 5.70. The predicted octanol–water partition coefficient (Wildman–Crippen LogP) is 2.82. The van der Waals surface area contributed by atoms with Gasteiger partial charge in [-0.15, -0.1) is 0 Å². The highest BCUT2D eigenvalue weighted by molar-refractivity contribution is 7.80. The molecule has 0 saturated carbocycles. The first-order valence-electron chi connectivity index (χ1n) is 7.88. The first-order valence-corrected chi connectivity index (χ1v) is 8.29. The number of para-hydroxylation sites is 2. The van der Waals surface area contributed by atoms with Gasteiger partial charge in [-0.05, 0) is 36.5 Å². The van der Waals surface area contributed by atoms with E-state index in [-0.39, 0.29) is 11.4 Å². The van der Waals surface area contributed by atoms with Crippen LogP contribution in [0.4, 0.5) is 17.1 Å². The number of anilines is 2. The molecule has 0 spiro atoms. The Bertz CT molecular complexity index is 774. The van der Waals surface area contributed by atoms with E-state index in [4.69, 9.17) is 12.2 Å². The molecule has 1 heterocycles.